The van der Waals surface area contributed by atoms with Gasteiger partial charge in [-0.3, -0.25) is 14.4 Å². The predicted octanol–water partition coefficient (Wildman–Crippen LogP) is 2.97. The molecule has 0 unspecified atom stereocenters. The molecule has 0 heterocycles. The molecule has 3 amide bonds. The molecule has 0 fully saturated rings. The van der Waals surface area contributed by atoms with E-state index in [1.165, 1.54) is 18.3 Å². The quantitative estimate of drug-likeness (QED) is 0.299. The lowest BCUT2D eigenvalue weighted by molar-refractivity contribution is -0.139. The number of halogens is 2. The zero-order valence-corrected chi connectivity index (χ0v) is 18.5. The van der Waals surface area contributed by atoms with Gasteiger partial charge in [0.15, 0.2) is 6.61 Å². The van der Waals surface area contributed by atoms with E-state index in [0.29, 0.717) is 22.2 Å². The normalized spacial score (nSPS) is 11.6. The van der Waals surface area contributed by atoms with Crippen molar-refractivity contribution >= 4 is 45.6 Å². The molecule has 0 bridgehead atoms. The highest BCUT2D eigenvalue weighted by Gasteiger charge is 2.14. The van der Waals surface area contributed by atoms with E-state index in [0.717, 1.165) is 0 Å². The van der Waals surface area contributed by atoms with Gasteiger partial charge in [0.25, 0.3) is 5.91 Å². The van der Waals surface area contributed by atoms with E-state index in [-0.39, 0.29) is 18.3 Å². The molecule has 10 heteroatoms. The topological polar surface area (TPSA) is 109 Å². The van der Waals surface area contributed by atoms with Gasteiger partial charge in [-0.25, -0.2) is 9.82 Å². The van der Waals surface area contributed by atoms with Gasteiger partial charge in [-0.1, -0.05) is 22.9 Å². The number of benzene rings is 2. The Morgan fingerprint density at radius 3 is 2.52 bits per heavy atom. The fourth-order valence-electron chi connectivity index (χ4n) is 2.18. The van der Waals surface area contributed by atoms with Crippen LogP contribution in [0.4, 0.5) is 10.1 Å². The molecular formula is C21H22BrFN4O4. The number of anilines is 1. The Kier molecular flexibility index (Phi) is 9.13. The monoisotopic (exact) mass is 492 g/mol. The number of rotatable bonds is 8. The minimum Gasteiger partial charge on any atom is -0.484 e. The lowest BCUT2D eigenvalue weighted by atomic mass is 10.2. The molecule has 0 spiro atoms. The summed E-state index contributed by atoms with van der Waals surface area (Å²) < 4.78 is 19.7. The van der Waals surface area contributed by atoms with E-state index in [1.54, 1.807) is 37.3 Å². The molecule has 0 aliphatic rings. The average Bonchev–Trinajstić information content (AvgIpc) is 2.74. The Morgan fingerprint density at radius 1 is 1.16 bits per heavy atom. The number of amides is 3. The zero-order chi connectivity index (χ0) is 22.8. The Bertz CT molecular complexity index is 966. The first-order valence-electron chi connectivity index (χ1n) is 9.40. The van der Waals surface area contributed by atoms with Gasteiger partial charge in [-0.15, -0.1) is 0 Å². The minimum atomic E-state index is -0.857. The van der Waals surface area contributed by atoms with Crippen LogP contribution in [0.15, 0.2) is 52.0 Å². The summed E-state index contributed by atoms with van der Waals surface area (Å²) in [6, 6.07) is 10.7. The number of hydrogen-bond acceptors (Lipinski definition) is 5. The summed E-state index contributed by atoms with van der Waals surface area (Å²) in [5.41, 5.74) is 2.84. The summed E-state index contributed by atoms with van der Waals surface area (Å²) in [7, 11) is 0. The first-order chi connectivity index (χ1) is 14.8. The fraction of sp³-hybridized carbons (Fsp3) is 0.238. The molecule has 3 N–H and O–H groups in total. The maximum Gasteiger partial charge on any atom is 0.329 e. The molecule has 0 aromatic heterocycles. The van der Waals surface area contributed by atoms with Crippen molar-refractivity contribution in [2.75, 3.05) is 11.9 Å². The van der Waals surface area contributed by atoms with E-state index in [2.05, 4.69) is 37.1 Å². The van der Waals surface area contributed by atoms with Crippen molar-refractivity contribution in [3.05, 3.63) is 58.3 Å². The molecule has 164 valence electrons. The van der Waals surface area contributed by atoms with Crippen LogP contribution in [-0.2, 0) is 14.4 Å². The Labute approximate surface area is 187 Å². The summed E-state index contributed by atoms with van der Waals surface area (Å²) in [5.74, 6) is -2.26. The summed E-state index contributed by atoms with van der Waals surface area (Å²) in [4.78, 5) is 35.2. The highest BCUT2D eigenvalue weighted by Crippen LogP contribution is 2.19. The maximum atomic E-state index is 13.7. The molecule has 2 aromatic rings. The molecule has 0 radical (unpaired) electrons. The fourth-order valence-corrected chi connectivity index (χ4v) is 2.52. The summed E-state index contributed by atoms with van der Waals surface area (Å²) in [5, 5.41) is 8.69. The molecule has 31 heavy (non-hydrogen) atoms. The van der Waals surface area contributed by atoms with Crippen LogP contribution in [-0.4, -0.2) is 36.6 Å². The summed E-state index contributed by atoms with van der Waals surface area (Å²) >= 11 is 3.14. The first kappa shape index (κ1) is 24.0. The lowest BCUT2D eigenvalue weighted by Crippen LogP contribution is -2.41. The zero-order valence-electron chi connectivity index (χ0n) is 16.9. The summed E-state index contributed by atoms with van der Waals surface area (Å²) in [6.07, 6.45) is 2.07. The molecule has 0 aliphatic heterocycles. The van der Waals surface area contributed by atoms with Crippen LogP contribution in [0, 0.1) is 5.82 Å². The third-order valence-electron chi connectivity index (χ3n) is 4.03. The number of carbonyl (C=O) groups is 3. The number of hydrazone groups is 1. The summed E-state index contributed by atoms with van der Waals surface area (Å²) in [6.45, 7) is 3.38. The van der Waals surface area contributed by atoms with Gasteiger partial charge in [0.2, 0.25) is 0 Å². The van der Waals surface area contributed by atoms with Crippen molar-refractivity contribution < 1.29 is 23.5 Å². The Balaban J connectivity index is 1.79. The van der Waals surface area contributed by atoms with E-state index in [4.69, 9.17) is 4.74 Å². The molecule has 1 atom stereocenters. The van der Waals surface area contributed by atoms with E-state index >= 15 is 0 Å². The van der Waals surface area contributed by atoms with Crippen LogP contribution in [0.3, 0.4) is 0 Å². The van der Waals surface area contributed by atoms with Crippen LogP contribution >= 0.6 is 15.9 Å². The second-order valence-electron chi connectivity index (χ2n) is 6.51. The van der Waals surface area contributed by atoms with Gasteiger partial charge in [-0.2, -0.15) is 5.10 Å². The van der Waals surface area contributed by atoms with Gasteiger partial charge in [0.1, 0.15) is 11.6 Å². The second kappa shape index (κ2) is 11.8. The molecule has 8 nitrogen and oxygen atoms in total. The predicted molar refractivity (Wildman–Crippen MR) is 118 cm³/mol. The van der Waals surface area contributed by atoms with Crippen molar-refractivity contribution in [3.63, 3.8) is 0 Å². The van der Waals surface area contributed by atoms with Crippen LogP contribution in [0.1, 0.15) is 25.8 Å². The van der Waals surface area contributed by atoms with E-state index < -0.39 is 23.5 Å². The average molecular weight is 493 g/mol. The van der Waals surface area contributed by atoms with Crippen molar-refractivity contribution in [1.29, 1.82) is 0 Å². The largest absolute Gasteiger partial charge is 0.484 e. The minimum absolute atomic E-state index is 0.0586. The number of ether oxygens (including phenoxy) is 1. The van der Waals surface area contributed by atoms with Crippen molar-refractivity contribution in [1.82, 2.24) is 10.7 Å². The third kappa shape index (κ3) is 8.17. The molecule has 0 saturated heterocycles. The number of hydrogen-bond donors (Lipinski definition) is 3. The molecular weight excluding hydrogens is 471 g/mol. The number of carbonyl (C=O) groups excluding carboxylic acids is 3. The van der Waals surface area contributed by atoms with Gasteiger partial charge in [0, 0.05) is 10.5 Å². The van der Waals surface area contributed by atoms with E-state index in [1.807, 2.05) is 6.92 Å². The van der Waals surface area contributed by atoms with Gasteiger partial charge < -0.3 is 15.4 Å². The van der Waals surface area contributed by atoms with Crippen LogP contribution < -0.4 is 20.8 Å². The second-order valence-corrected chi connectivity index (χ2v) is 7.43. The highest BCUT2D eigenvalue weighted by atomic mass is 79.9. The Morgan fingerprint density at radius 2 is 1.87 bits per heavy atom. The van der Waals surface area contributed by atoms with Crippen LogP contribution in [0.2, 0.25) is 0 Å². The Hall–Kier alpha value is -3.27. The van der Waals surface area contributed by atoms with Crippen molar-refractivity contribution in [3.8, 4) is 5.75 Å². The molecule has 2 rings (SSSR count). The van der Waals surface area contributed by atoms with Crippen LogP contribution in [0.5, 0.6) is 5.75 Å². The molecule has 0 aliphatic carbocycles. The highest BCUT2D eigenvalue weighted by molar-refractivity contribution is 9.10. The number of nitrogens with one attached hydrogen (secondary N) is 3. The van der Waals surface area contributed by atoms with Crippen molar-refractivity contribution in [2.45, 2.75) is 26.3 Å². The van der Waals surface area contributed by atoms with E-state index in [9.17, 15) is 18.8 Å². The number of nitrogens with zero attached hydrogens (tertiary/aromatic N) is 1. The van der Waals surface area contributed by atoms with Gasteiger partial charge in [0.05, 0.1) is 11.9 Å². The molecule has 0 saturated carbocycles. The maximum absolute atomic E-state index is 13.7. The van der Waals surface area contributed by atoms with Gasteiger partial charge in [-0.05, 0) is 61.4 Å². The third-order valence-corrected chi connectivity index (χ3v) is 4.52. The van der Waals surface area contributed by atoms with Gasteiger partial charge >= 0.3 is 11.8 Å². The van der Waals surface area contributed by atoms with Crippen LogP contribution in [0.25, 0.3) is 0 Å². The lowest BCUT2D eigenvalue weighted by Gasteiger charge is -2.09. The SMILES string of the molecule is CC[C@H](C)NC(=O)C(=O)N/N=C\c1ccc(OCC(=O)Nc2ccc(Br)cc2F)cc1. The smallest absolute Gasteiger partial charge is 0.329 e. The molecule has 2 aromatic carbocycles. The van der Waals surface area contributed by atoms with Crippen molar-refractivity contribution in [2.24, 2.45) is 5.10 Å². The standard InChI is InChI=1S/C21H22BrFN4O4/c1-3-13(2)25-20(29)21(30)27-24-11-14-4-7-16(8-5-14)31-12-19(28)26-18-9-6-15(22)10-17(18)23/h4-11,13H,3,12H2,1-2H3,(H,25,29)(H,26,28)(H,27,30)/b24-11-/t13-/m0/s1. The first-order valence-corrected chi connectivity index (χ1v) is 10.2.